The second-order valence-electron chi connectivity index (χ2n) is 9.60. The SMILES string of the molecule is CC1CC(C)CC(c2cc(Cc3ccc(N(C)C)cc3)c(Cl)c3c2CCC3)C1. The van der Waals surface area contributed by atoms with Crippen molar-refractivity contribution in [3.05, 3.63) is 63.2 Å². The van der Waals surface area contributed by atoms with E-state index in [9.17, 15) is 0 Å². The summed E-state index contributed by atoms with van der Waals surface area (Å²) in [5, 5.41) is 1.05. The lowest BCUT2D eigenvalue weighted by atomic mass is 9.72. The van der Waals surface area contributed by atoms with Crippen molar-refractivity contribution in [3.63, 3.8) is 0 Å². The Bertz CT molecular complexity index is 827. The molecule has 1 fully saturated rings. The molecule has 28 heavy (non-hydrogen) atoms. The highest BCUT2D eigenvalue weighted by Gasteiger charge is 2.30. The monoisotopic (exact) mass is 395 g/mol. The first kappa shape index (κ1) is 19.8. The molecule has 2 aromatic carbocycles. The number of hydrogen-bond acceptors (Lipinski definition) is 1. The zero-order valence-corrected chi connectivity index (χ0v) is 18.6. The van der Waals surface area contributed by atoms with Crippen molar-refractivity contribution in [1.82, 2.24) is 0 Å². The number of rotatable bonds is 4. The number of hydrogen-bond donors (Lipinski definition) is 0. The van der Waals surface area contributed by atoms with Gasteiger partial charge in [0.2, 0.25) is 0 Å². The smallest absolute Gasteiger partial charge is 0.0476 e. The Morgan fingerprint density at radius 3 is 2.21 bits per heavy atom. The fourth-order valence-electron chi connectivity index (χ4n) is 5.66. The lowest BCUT2D eigenvalue weighted by Crippen LogP contribution is -2.19. The zero-order chi connectivity index (χ0) is 19.8. The molecular formula is C26H34ClN. The average Bonchev–Trinajstić information content (AvgIpc) is 3.14. The van der Waals surface area contributed by atoms with Gasteiger partial charge in [0.05, 0.1) is 0 Å². The molecule has 2 heteroatoms. The maximum Gasteiger partial charge on any atom is 0.0476 e. The van der Waals surface area contributed by atoms with Crippen molar-refractivity contribution in [1.29, 1.82) is 0 Å². The summed E-state index contributed by atoms with van der Waals surface area (Å²) in [5.41, 5.74) is 8.63. The van der Waals surface area contributed by atoms with Crippen molar-refractivity contribution >= 4 is 17.3 Å². The van der Waals surface area contributed by atoms with Gasteiger partial charge in [-0.3, -0.25) is 0 Å². The highest BCUT2D eigenvalue weighted by molar-refractivity contribution is 6.32. The van der Waals surface area contributed by atoms with Gasteiger partial charge in [-0.2, -0.15) is 0 Å². The van der Waals surface area contributed by atoms with Gasteiger partial charge in [-0.15, -0.1) is 0 Å². The van der Waals surface area contributed by atoms with Crippen molar-refractivity contribution in [2.75, 3.05) is 19.0 Å². The molecular weight excluding hydrogens is 362 g/mol. The molecule has 1 saturated carbocycles. The predicted molar refractivity (Wildman–Crippen MR) is 122 cm³/mol. The fraction of sp³-hybridized carbons (Fsp3) is 0.538. The topological polar surface area (TPSA) is 3.24 Å². The molecule has 150 valence electrons. The molecule has 0 bridgehead atoms. The van der Waals surface area contributed by atoms with Crippen LogP contribution in [-0.4, -0.2) is 14.1 Å². The Morgan fingerprint density at radius 1 is 0.929 bits per heavy atom. The Hall–Kier alpha value is -1.47. The van der Waals surface area contributed by atoms with Gasteiger partial charge in [-0.1, -0.05) is 43.6 Å². The van der Waals surface area contributed by atoms with Crippen molar-refractivity contribution in [2.24, 2.45) is 11.8 Å². The molecule has 0 radical (unpaired) electrons. The number of halogens is 1. The molecule has 0 spiro atoms. The van der Waals surface area contributed by atoms with Gasteiger partial charge < -0.3 is 4.90 Å². The molecule has 2 unspecified atom stereocenters. The second-order valence-corrected chi connectivity index (χ2v) is 9.98. The number of fused-ring (bicyclic) bond motifs is 1. The van der Waals surface area contributed by atoms with E-state index in [1.165, 1.54) is 54.5 Å². The molecule has 2 aromatic rings. The molecule has 1 nitrogen and oxygen atoms in total. The Kier molecular flexibility index (Phi) is 5.74. The lowest BCUT2D eigenvalue weighted by molar-refractivity contribution is 0.267. The summed E-state index contributed by atoms with van der Waals surface area (Å²) in [4.78, 5) is 2.15. The average molecular weight is 396 g/mol. The number of nitrogens with zero attached hydrogens (tertiary/aromatic N) is 1. The predicted octanol–water partition coefficient (Wildman–Crippen LogP) is 7.03. The van der Waals surface area contributed by atoms with Crippen LogP contribution in [0.3, 0.4) is 0 Å². The highest BCUT2D eigenvalue weighted by atomic mass is 35.5. The Balaban J connectivity index is 1.68. The van der Waals surface area contributed by atoms with E-state index >= 15 is 0 Å². The first-order valence-corrected chi connectivity index (χ1v) is 11.4. The molecule has 2 aliphatic carbocycles. The van der Waals surface area contributed by atoms with Crippen LogP contribution < -0.4 is 4.90 Å². The van der Waals surface area contributed by atoms with Gasteiger partial charge in [0.25, 0.3) is 0 Å². The van der Waals surface area contributed by atoms with Crippen LogP contribution >= 0.6 is 11.6 Å². The molecule has 0 N–H and O–H groups in total. The summed E-state index contributed by atoms with van der Waals surface area (Å²) in [6.45, 7) is 4.87. The maximum absolute atomic E-state index is 6.95. The largest absolute Gasteiger partial charge is 0.378 e. The molecule has 0 aliphatic heterocycles. The first-order valence-electron chi connectivity index (χ1n) is 11.0. The minimum Gasteiger partial charge on any atom is -0.378 e. The normalized spacial score (nSPS) is 24.2. The zero-order valence-electron chi connectivity index (χ0n) is 17.9. The first-order chi connectivity index (χ1) is 13.4. The van der Waals surface area contributed by atoms with Gasteiger partial charge >= 0.3 is 0 Å². The third kappa shape index (κ3) is 3.96. The molecule has 0 aromatic heterocycles. The van der Waals surface area contributed by atoms with Gasteiger partial charge in [-0.05, 0) is 103 Å². The molecule has 0 heterocycles. The van der Waals surface area contributed by atoms with Crippen LogP contribution in [0.5, 0.6) is 0 Å². The molecule has 0 saturated heterocycles. The number of anilines is 1. The van der Waals surface area contributed by atoms with E-state index in [1.807, 2.05) is 0 Å². The van der Waals surface area contributed by atoms with Gasteiger partial charge in [-0.25, -0.2) is 0 Å². The second kappa shape index (κ2) is 8.11. The maximum atomic E-state index is 6.95. The van der Waals surface area contributed by atoms with Crippen LogP contribution in [0.1, 0.15) is 73.3 Å². The van der Waals surface area contributed by atoms with E-state index in [0.29, 0.717) is 0 Å². The summed E-state index contributed by atoms with van der Waals surface area (Å²) in [6.07, 6.45) is 8.65. The summed E-state index contributed by atoms with van der Waals surface area (Å²) in [5.74, 6) is 2.39. The minimum absolute atomic E-state index is 0.720. The van der Waals surface area contributed by atoms with Gasteiger partial charge in [0.1, 0.15) is 0 Å². The summed E-state index contributed by atoms with van der Waals surface area (Å²) < 4.78 is 0. The number of benzene rings is 2. The molecule has 4 rings (SSSR count). The third-order valence-corrected chi connectivity index (χ3v) is 7.38. The van der Waals surface area contributed by atoms with Crippen LogP contribution in [0.4, 0.5) is 5.69 Å². The molecule has 2 atom stereocenters. The van der Waals surface area contributed by atoms with E-state index in [2.05, 4.69) is 63.2 Å². The summed E-state index contributed by atoms with van der Waals surface area (Å²) >= 11 is 6.95. The van der Waals surface area contributed by atoms with E-state index < -0.39 is 0 Å². The van der Waals surface area contributed by atoms with Crippen LogP contribution in [0.25, 0.3) is 0 Å². The minimum atomic E-state index is 0.720. The van der Waals surface area contributed by atoms with E-state index in [0.717, 1.165) is 35.6 Å². The van der Waals surface area contributed by atoms with Crippen molar-refractivity contribution in [3.8, 4) is 0 Å². The Morgan fingerprint density at radius 2 is 1.57 bits per heavy atom. The highest BCUT2D eigenvalue weighted by Crippen LogP contribution is 2.45. The van der Waals surface area contributed by atoms with E-state index in [-0.39, 0.29) is 0 Å². The van der Waals surface area contributed by atoms with Crippen molar-refractivity contribution in [2.45, 2.75) is 64.7 Å². The van der Waals surface area contributed by atoms with E-state index in [4.69, 9.17) is 11.6 Å². The lowest BCUT2D eigenvalue weighted by Gasteiger charge is -2.33. The Labute approximate surface area is 176 Å². The van der Waals surface area contributed by atoms with Crippen LogP contribution in [0.2, 0.25) is 5.02 Å². The van der Waals surface area contributed by atoms with Gasteiger partial charge in [0.15, 0.2) is 0 Å². The fourth-order valence-corrected chi connectivity index (χ4v) is 5.99. The third-order valence-electron chi connectivity index (χ3n) is 6.91. The summed E-state index contributed by atoms with van der Waals surface area (Å²) in [7, 11) is 4.18. The van der Waals surface area contributed by atoms with Crippen LogP contribution in [0.15, 0.2) is 30.3 Å². The quantitative estimate of drug-likeness (QED) is 0.537. The standard InChI is InChI=1S/C26H34ClN/c1-17-12-18(2)14-20(13-17)25-16-21(26(27)24-7-5-6-23(24)25)15-19-8-10-22(11-9-19)28(3)4/h8-11,16-18,20H,5-7,12-15H2,1-4H3. The molecule has 2 aliphatic rings. The van der Waals surface area contributed by atoms with Crippen LogP contribution in [-0.2, 0) is 19.3 Å². The molecule has 0 amide bonds. The van der Waals surface area contributed by atoms with Crippen LogP contribution in [0, 0.1) is 11.8 Å². The van der Waals surface area contributed by atoms with Gasteiger partial charge in [0, 0.05) is 24.8 Å². The summed E-state index contributed by atoms with van der Waals surface area (Å²) in [6, 6.07) is 11.4. The van der Waals surface area contributed by atoms with Crippen molar-refractivity contribution < 1.29 is 0 Å². The van der Waals surface area contributed by atoms with E-state index in [1.54, 1.807) is 11.1 Å².